The number of amides is 1. The van der Waals surface area contributed by atoms with E-state index in [0.717, 1.165) is 25.7 Å². The van der Waals surface area contributed by atoms with E-state index in [9.17, 15) is 9.59 Å². The monoisotopic (exact) mass is 317 g/mol. The van der Waals surface area contributed by atoms with Crippen molar-refractivity contribution in [3.05, 3.63) is 35.9 Å². The van der Waals surface area contributed by atoms with E-state index < -0.39 is 5.97 Å². The summed E-state index contributed by atoms with van der Waals surface area (Å²) < 4.78 is 5.49. The molecule has 0 radical (unpaired) electrons. The zero-order chi connectivity index (χ0) is 16.3. The molecule has 5 nitrogen and oxygen atoms in total. The molecule has 0 aromatic heterocycles. The van der Waals surface area contributed by atoms with E-state index in [0.29, 0.717) is 19.7 Å². The summed E-state index contributed by atoms with van der Waals surface area (Å²) in [5, 5.41) is 9.08. The first kappa shape index (κ1) is 16.0. The predicted octanol–water partition coefficient (Wildman–Crippen LogP) is 1.96. The Bertz CT molecular complexity index is 564. The van der Waals surface area contributed by atoms with Gasteiger partial charge in [-0.3, -0.25) is 9.59 Å². The van der Waals surface area contributed by atoms with E-state index in [1.165, 1.54) is 5.56 Å². The van der Waals surface area contributed by atoms with E-state index in [4.69, 9.17) is 9.84 Å². The Kier molecular flexibility index (Phi) is 4.66. The number of rotatable bonds is 6. The molecule has 1 heterocycles. The van der Waals surface area contributed by atoms with Gasteiger partial charge in [0.1, 0.15) is 6.61 Å². The highest BCUT2D eigenvalue weighted by atomic mass is 16.5. The van der Waals surface area contributed by atoms with Gasteiger partial charge in [0.2, 0.25) is 5.91 Å². The van der Waals surface area contributed by atoms with Crippen molar-refractivity contribution < 1.29 is 19.4 Å². The number of carboxylic acids is 1. The quantitative estimate of drug-likeness (QED) is 0.815. The molecule has 124 valence electrons. The Morgan fingerprint density at radius 1 is 1.22 bits per heavy atom. The highest BCUT2D eigenvalue weighted by Gasteiger charge is 2.59. The van der Waals surface area contributed by atoms with Crippen LogP contribution in [0.15, 0.2) is 30.3 Å². The molecule has 1 amide bonds. The first-order chi connectivity index (χ1) is 11.1. The third-order valence-corrected chi connectivity index (χ3v) is 5.20. The number of piperidine rings is 1. The molecule has 2 fully saturated rings. The number of benzene rings is 1. The minimum atomic E-state index is -0.686. The van der Waals surface area contributed by atoms with Gasteiger partial charge in [-0.05, 0) is 36.7 Å². The molecule has 5 heteroatoms. The molecule has 1 aromatic carbocycles. The molecular weight excluding hydrogens is 294 g/mol. The number of hydrogen-bond donors (Lipinski definition) is 1. The first-order valence-corrected chi connectivity index (χ1v) is 8.23. The van der Waals surface area contributed by atoms with Gasteiger partial charge in [0.05, 0.1) is 12.5 Å². The lowest BCUT2D eigenvalue weighted by molar-refractivity contribution is -0.140. The summed E-state index contributed by atoms with van der Waals surface area (Å²) in [6.07, 6.45) is 3.19. The molecule has 1 aliphatic carbocycles. The van der Waals surface area contributed by atoms with E-state index in [1.54, 1.807) is 0 Å². The maximum atomic E-state index is 12.1. The van der Waals surface area contributed by atoms with Crippen molar-refractivity contribution in [2.24, 2.45) is 11.3 Å². The number of hydrogen-bond acceptors (Lipinski definition) is 3. The van der Waals surface area contributed by atoms with E-state index in [1.807, 2.05) is 35.2 Å². The lowest BCUT2D eigenvalue weighted by atomic mass is 9.91. The van der Waals surface area contributed by atoms with E-state index >= 15 is 0 Å². The van der Waals surface area contributed by atoms with Gasteiger partial charge >= 0.3 is 5.97 Å². The molecule has 1 aliphatic heterocycles. The van der Waals surface area contributed by atoms with E-state index in [2.05, 4.69) is 0 Å². The van der Waals surface area contributed by atoms with Crippen LogP contribution >= 0.6 is 0 Å². The van der Waals surface area contributed by atoms with Crippen LogP contribution in [0.5, 0.6) is 0 Å². The Morgan fingerprint density at radius 2 is 1.91 bits per heavy atom. The van der Waals surface area contributed by atoms with Crippen molar-refractivity contribution in [1.29, 1.82) is 0 Å². The molecule has 3 rings (SSSR count). The van der Waals surface area contributed by atoms with Gasteiger partial charge in [0, 0.05) is 13.1 Å². The molecule has 1 aromatic rings. The third-order valence-electron chi connectivity index (χ3n) is 5.20. The van der Waals surface area contributed by atoms with E-state index in [-0.39, 0.29) is 23.8 Å². The fraction of sp³-hybridized carbons (Fsp3) is 0.556. The molecule has 23 heavy (non-hydrogen) atoms. The normalized spacial score (nSPS) is 22.1. The summed E-state index contributed by atoms with van der Waals surface area (Å²) in [4.78, 5) is 25.0. The zero-order valence-corrected chi connectivity index (χ0v) is 13.2. The van der Waals surface area contributed by atoms with Crippen LogP contribution in [0.2, 0.25) is 0 Å². The fourth-order valence-corrected chi connectivity index (χ4v) is 3.54. The van der Waals surface area contributed by atoms with Crippen LogP contribution in [-0.2, 0) is 20.7 Å². The largest absolute Gasteiger partial charge is 0.481 e. The Balaban J connectivity index is 1.35. The molecule has 1 saturated carbocycles. The standard InChI is InChI=1S/C18H23NO4/c20-16(13-23-11-6-14-4-2-1-3-5-14)19-9-7-18(8-10-19)12-15(18)17(21)22/h1-5,15H,6-13H2,(H,21,22). The SMILES string of the molecule is O=C(O)C1CC12CCN(C(=O)COCCc1ccccc1)CC2. The number of nitrogens with zero attached hydrogens (tertiary/aromatic N) is 1. The van der Waals surface area contributed by atoms with Crippen molar-refractivity contribution in [3.8, 4) is 0 Å². The first-order valence-electron chi connectivity index (χ1n) is 8.23. The van der Waals surface area contributed by atoms with Crippen LogP contribution in [0.3, 0.4) is 0 Å². The summed E-state index contributed by atoms with van der Waals surface area (Å²) in [5.41, 5.74) is 1.17. The number of carboxylic acid groups (broad SMARTS) is 1. The summed E-state index contributed by atoms with van der Waals surface area (Å²) >= 11 is 0. The van der Waals surface area contributed by atoms with Gasteiger partial charge in [-0.15, -0.1) is 0 Å². The lowest BCUT2D eigenvalue weighted by Gasteiger charge is -2.32. The van der Waals surface area contributed by atoms with Gasteiger partial charge in [-0.25, -0.2) is 0 Å². The lowest BCUT2D eigenvalue weighted by Crippen LogP contribution is -2.41. The number of likely N-dealkylation sites (tertiary alicyclic amines) is 1. The Labute approximate surface area is 136 Å². The predicted molar refractivity (Wildman–Crippen MR) is 85.0 cm³/mol. The molecule has 2 aliphatic rings. The maximum absolute atomic E-state index is 12.1. The Hall–Kier alpha value is -1.88. The molecule has 1 saturated heterocycles. The highest BCUT2D eigenvalue weighted by Crippen LogP contribution is 2.59. The average molecular weight is 317 g/mol. The van der Waals surface area contributed by atoms with Crippen LogP contribution in [-0.4, -0.2) is 48.2 Å². The minimum absolute atomic E-state index is 0.0143. The topological polar surface area (TPSA) is 66.8 Å². The van der Waals surface area contributed by atoms with Gasteiger partial charge in [-0.1, -0.05) is 30.3 Å². The fourth-order valence-electron chi connectivity index (χ4n) is 3.54. The van der Waals surface area contributed by atoms with Crippen molar-refractivity contribution in [2.75, 3.05) is 26.3 Å². The second-order valence-electron chi connectivity index (χ2n) is 6.63. The van der Waals surface area contributed by atoms with Gasteiger partial charge < -0.3 is 14.7 Å². The van der Waals surface area contributed by atoms with Crippen molar-refractivity contribution >= 4 is 11.9 Å². The third kappa shape index (κ3) is 3.72. The number of carbonyl (C=O) groups is 2. The van der Waals surface area contributed by atoms with Crippen LogP contribution in [0, 0.1) is 11.3 Å². The van der Waals surface area contributed by atoms with Crippen molar-refractivity contribution in [2.45, 2.75) is 25.7 Å². The summed E-state index contributed by atoms with van der Waals surface area (Å²) in [7, 11) is 0. The molecule has 1 atom stereocenters. The minimum Gasteiger partial charge on any atom is -0.481 e. The van der Waals surface area contributed by atoms with Gasteiger partial charge in [0.25, 0.3) is 0 Å². The average Bonchev–Trinajstić information content (AvgIpc) is 3.27. The van der Waals surface area contributed by atoms with Gasteiger partial charge in [-0.2, -0.15) is 0 Å². The second kappa shape index (κ2) is 6.71. The maximum Gasteiger partial charge on any atom is 0.307 e. The number of ether oxygens (including phenoxy) is 1. The molecule has 1 spiro atoms. The summed E-state index contributed by atoms with van der Waals surface area (Å²) in [6, 6.07) is 10.1. The van der Waals surface area contributed by atoms with Crippen molar-refractivity contribution in [3.63, 3.8) is 0 Å². The highest BCUT2D eigenvalue weighted by molar-refractivity contribution is 5.78. The van der Waals surface area contributed by atoms with Crippen LogP contribution in [0.4, 0.5) is 0 Å². The molecule has 1 N–H and O–H groups in total. The molecule has 0 bridgehead atoms. The van der Waals surface area contributed by atoms with Crippen molar-refractivity contribution in [1.82, 2.24) is 4.90 Å². The summed E-state index contributed by atoms with van der Waals surface area (Å²) in [6.45, 7) is 1.96. The smallest absolute Gasteiger partial charge is 0.307 e. The number of aliphatic carboxylic acids is 1. The van der Waals surface area contributed by atoms with Gasteiger partial charge in [0.15, 0.2) is 0 Å². The Morgan fingerprint density at radius 3 is 2.52 bits per heavy atom. The molecular formula is C18H23NO4. The summed E-state index contributed by atoms with van der Waals surface area (Å²) in [5.74, 6) is -0.865. The molecule has 1 unspecified atom stereocenters. The van der Waals surface area contributed by atoms with Crippen LogP contribution < -0.4 is 0 Å². The number of carbonyl (C=O) groups excluding carboxylic acids is 1. The van der Waals surface area contributed by atoms with Crippen LogP contribution in [0.1, 0.15) is 24.8 Å². The van der Waals surface area contributed by atoms with Crippen LogP contribution in [0.25, 0.3) is 0 Å². The second-order valence-corrected chi connectivity index (χ2v) is 6.63. The zero-order valence-electron chi connectivity index (χ0n) is 13.2.